The fourth-order valence-corrected chi connectivity index (χ4v) is 3.25. The molecule has 0 bridgehead atoms. The molecule has 2 nitrogen and oxygen atoms in total. The lowest BCUT2D eigenvalue weighted by Gasteiger charge is -2.26. The average molecular weight is 294 g/mol. The fraction of sp³-hybridized carbons (Fsp3) is 0.200. The molecule has 2 aromatic carbocycles. The predicted octanol–water partition coefficient (Wildman–Crippen LogP) is 3.63. The number of hydrogen-bond donors (Lipinski definition) is 2. The zero-order valence-electron chi connectivity index (χ0n) is 10.1. The molecule has 3 N–H and O–H groups in total. The Hall–Kier alpha value is -1.06. The van der Waals surface area contributed by atoms with Crippen LogP contribution in [-0.4, -0.2) is 5.11 Å². The zero-order chi connectivity index (χ0) is 13.6. The highest BCUT2D eigenvalue weighted by Crippen LogP contribution is 2.48. The normalized spacial score (nSPS) is 25.4. The van der Waals surface area contributed by atoms with Gasteiger partial charge in [0.1, 0.15) is 5.60 Å². The SMILES string of the molecule is NC1CC(O)(c2cc(Cl)ccc2Cl)c2ccccc21. The lowest BCUT2D eigenvalue weighted by Crippen LogP contribution is -2.25. The quantitative estimate of drug-likeness (QED) is 0.843. The van der Waals surface area contributed by atoms with Gasteiger partial charge in [0.15, 0.2) is 0 Å². The molecule has 3 rings (SSSR count). The first-order chi connectivity index (χ1) is 9.02. The molecule has 2 unspecified atom stereocenters. The second kappa shape index (κ2) is 4.50. The minimum absolute atomic E-state index is 0.198. The monoisotopic (exact) mass is 293 g/mol. The van der Waals surface area contributed by atoms with Crippen LogP contribution >= 0.6 is 23.2 Å². The van der Waals surface area contributed by atoms with Crippen LogP contribution in [0.5, 0.6) is 0 Å². The summed E-state index contributed by atoms with van der Waals surface area (Å²) in [5, 5.41) is 12.1. The summed E-state index contributed by atoms with van der Waals surface area (Å²) in [5.41, 5.74) is 7.33. The Bertz CT molecular complexity index is 644. The molecule has 0 heterocycles. The Morgan fingerprint density at radius 3 is 2.63 bits per heavy atom. The third-order valence-electron chi connectivity index (χ3n) is 3.70. The molecule has 0 radical (unpaired) electrons. The summed E-state index contributed by atoms with van der Waals surface area (Å²) >= 11 is 12.2. The van der Waals surface area contributed by atoms with E-state index in [0.717, 1.165) is 11.1 Å². The number of fused-ring (bicyclic) bond motifs is 1. The van der Waals surface area contributed by atoms with Gasteiger partial charge in [-0.15, -0.1) is 0 Å². The molecule has 4 heteroatoms. The Kier molecular flexibility index (Phi) is 3.06. The van der Waals surface area contributed by atoms with Crippen molar-refractivity contribution in [2.75, 3.05) is 0 Å². The number of nitrogens with two attached hydrogens (primary N) is 1. The molecule has 0 spiro atoms. The van der Waals surface area contributed by atoms with Gasteiger partial charge >= 0.3 is 0 Å². The molecule has 1 aliphatic carbocycles. The van der Waals surface area contributed by atoms with Crippen LogP contribution in [-0.2, 0) is 5.60 Å². The van der Waals surface area contributed by atoms with E-state index in [4.69, 9.17) is 28.9 Å². The van der Waals surface area contributed by atoms with E-state index < -0.39 is 5.60 Å². The number of hydrogen-bond acceptors (Lipinski definition) is 2. The number of halogens is 2. The third-order valence-corrected chi connectivity index (χ3v) is 4.26. The highest BCUT2D eigenvalue weighted by molar-refractivity contribution is 6.33. The van der Waals surface area contributed by atoms with Gasteiger partial charge in [0.05, 0.1) is 0 Å². The molecule has 0 fully saturated rings. The summed E-state index contributed by atoms with van der Waals surface area (Å²) in [6.45, 7) is 0. The first-order valence-corrected chi connectivity index (χ1v) is 6.81. The molecule has 0 saturated heterocycles. The van der Waals surface area contributed by atoms with E-state index in [-0.39, 0.29) is 6.04 Å². The summed E-state index contributed by atoms with van der Waals surface area (Å²) in [5.74, 6) is 0. The van der Waals surface area contributed by atoms with Crippen molar-refractivity contribution in [1.29, 1.82) is 0 Å². The standard InChI is InChI=1S/C15H13Cl2NO/c16-9-5-6-13(17)12(7-9)15(19)8-14(18)10-3-1-2-4-11(10)15/h1-7,14,19H,8,18H2. The molecular formula is C15H13Cl2NO. The summed E-state index contributed by atoms with van der Waals surface area (Å²) < 4.78 is 0. The van der Waals surface area contributed by atoms with Crippen molar-refractivity contribution >= 4 is 23.2 Å². The van der Waals surface area contributed by atoms with Crippen LogP contribution in [0, 0.1) is 0 Å². The van der Waals surface area contributed by atoms with Crippen LogP contribution in [0.25, 0.3) is 0 Å². The highest BCUT2D eigenvalue weighted by atomic mass is 35.5. The van der Waals surface area contributed by atoms with E-state index in [0.29, 0.717) is 22.0 Å². The maximum Gasteiger partial charge on any atom is 0.118 e. The molecule has 1 aliphatic rings. The van der Waals surface area contributed by atoms with Crippen LogP contribution in [0.2, 0.25) is 10.0 Å². The van der Waals surface area contributed by atoms with Crippen LogP contribution in [0.1, 0.15) is 29.2 Å². The van der Waals surface area contributed by atoms with Crippen LogP contribution in [0.4, 0.5) is 0 Å². The Balaban J connectivity index is 2.22. The van der Waals surface area contributed by atoms with E-state index in [1.54, 1.807) is 18.2 Å². The zero-order valence-corrected chi connectivity index (χ0v) is 11.6. The fourth-order valence-electron chi connectivity index (χ4n) is 2.80. The van der Waals surface area contributed by atoms with E-state index in [1.165, 1.54) is 0 Å². The smallest absolute Gasteiger partial charge is 0.118 e. The van der Waals surface area contributed by atoms with Crippen molar-refractivity contribution in [3.63, 3.8) is 0 Å². The minimum Gasteiger partial charge on any atom is -0.380 e. The molecule has 0 amide bonds. The van der Waals surface area contributed by atoms with Crippen molar-refractivity contribution in [3.8, 4) is 0 Å². The molecule has 0 saturated carbocycles. The number of aliphatic hydroxyl groups is 1. The van der Waals surface area contributed by atoms with Gasteiger partial charge in [-0.3, -0.25) is 0 Å². The van der Waals surface area contributed by atoms with Crippen molar-refractivity contribution in [1.82, 2.24) is 0 Å². The van der Waals surface area contributed by atoms with Gasteiger partial charge in [0.2, 0.25) is 0 Å². The van der Waals surface area contributed by atoms with Gasteiger partial charge in [-0.1, -0.05) is 47.5 Å². The third kappa shape index (κ3) is 1.96. The van der Waals surface area contributed by atoms with E-state index in [2.05, 4.69) is 0 Å². The Labute approximate surface area is 121 Å². The first kappa shape index (κ1) is 12.9. The second-order valence-electron chi connectivity index (χ2n) is 4.88. The lowest BCUT2D eigenvalue weighted by atomic mass is 9.88. The van der Waals surface area contributed by atoms with Crippen LogP contribution in [0.3, 0.4) is 0 Å². The van der Waals surface area contributed by atoms with Gasteiger partial charge in [-0.05, 0) is 29.3 Å². The highest BCUT2D eigenvalue weighted by Gasteiger charge is 2.43. The number of rotatable bonds is 1. The van der Waals surface area contributed by atoms with Gasteiger partial charge in [-0.25, -0.2) is 0 Å². The van der Waals surface area contributed by atoms with Crippen molar-refractivity contribution in [3.05, 3.63) is 69.2 Å². The molecule has 19 heavy (non-hydrogen) atoms. The topological polar surface area (TPSA) is 46.2 Å². The molecule has 0 aliphatic heterocycles. The van der Waals surface area contributed by atoms with Crippen molar-refractivity contribution in [2.24, 2.45) is 5.73 Å². The van der Waals surface area contributed by atoms with Crippen molar-refractivity contribution in [2.45, 2.75) is 18.1 Å². The average Bonchev–Trinajstić information content (AvgIpc) is 2.66. The summed E-state index contributed by atoms with van der Waals surface area (Å²) in [6, 6.07) is 12.6. The van der Waals surface area contributed by atoms with Gasteiger partial charge < -0.3 is 10.8 Å². The summed E-state index contributed by atoms with van der Waals surface area (Å²) in [7, 11) is 0. The van der Waals surface area contributed by atoms with Crippen molar-refractivity contribution < 1.29 is 5.11 Å². The molecule has 2 atom stereocenters. The summed E-state index contributed by atoms with van der Waals surface area (Å²) in [6.07, 6.45) is 0.409. The van der Waals surface area contributed by atoms with Gasteiger partial charge in [0.25, 0.3) is 0 Å². The molecular weight excluding hydrogens is 281 g/mol. The van der Waals surface area contributed by atoms with Crippen LogP contribution in [0.15, 0.2) is 42.5 Å². The molecule has 98 valence electrons. The Morgan fingerprint density at radius 2 is 1.84 bits per heavy atom. The van der Waals surface area contributed by atoms with E-state index in [1.807, 2.05) is 24.3 Å². The second-order valence-corrected chi connectivity index (χ2v) is 5.73. The first-order valence-electron chi connectivity index (χ1n) is 6.05. The summed E-state index contributed by atoms with van der Waals surface area (Å²) in [4.78, 5) is 0. The van der Waals surface area contributed by atoms with E-state index in [9.17, 15) is 5.11 Å². The maximum absolute atomic E-state index is 11.1. The lowest BCUT2D eigenvalue weighted by molar-refractivity contribution is 0.0777. The maximum atomic E-state index is 11.1. The predicted molar refractivity (Wildman–Crippen MR) is 77.4 cm³/mol. The Morgan fingerprint density at radius 1 is 1.11 bits per heavy atom. The molecule has 0 aromatic heterocycles. The minimum atomic E-state index is -1.17. The van der Waals surface area contributed by atoms with Gasteiger partial charge in [-0.2, -0.15) is 0 Å². The number of benzene rings is 2. The largest absolute Gasteiger partial charge is 0.380 e. The van der Waals surface area contributed by atoms with E-state index >= 15 is 0 Å². The van der Waals surface area contributed by atoms with Crippen LogP contribution < -0.4 is 5.73 Å². The van der Waals surface area contributed by atoms with Gasteiger partial charge in [0, 0.05) is 28.1 Å². The molecule has 2 aromatic rings.